The lowest BCUT2D eigenvalue weighted by molar-refractivity contribution is 0.624. The van der Waals surface area contributed by atoms with Crippen LogP contribution in [-0.2, 0) is 0 Å². The van der Waals surface area contributed by atoms with Crippen molar-refractivity contribution in [2.24, 2.45) is 5.73 Å². The van der Waals surface area contributed by atoms with Crippen molar-refractivity contribution in [2.45, 2.75) is 12.5 Å². The van der Waals surface area contributed by atoms with Crippen molar-refractivity contribution in [3.8, 4) is 6.07 Å². The van der Waals surface area contributed by atoms with Crippen LogP contribution in [0.1, 0.15) is 18.0 Å². The van der Waals surface area contributed by atoms with Crippen molar-refractivity contribution in [2.75, 3.05) is 5.73 Å². The number of hydrogen-bond donors (Lipinski definition) is 2. The molecule has 0 aromatic heterocycles. The molecule has 3 nitrogen and oxygen atoms in total. The normalized spacial score (nSPS) is 12.1. The third-order valence-electron chi connectivity index (χ3n) is 1.83. The Balaban J connectivity index is 3.10. The fraction of sp³-hybridized carbons (Fsp3) is 0.222. The standard InChI is InChI=1S/C9H9ClFN3/c10-6-4-9(14)7(11)3-5(6)8(13)1-2-12/h3-4,8H,1,13-14H2/t8-/m0/s1. The Kier molecular flexibility index (Phi) is 3.28. The smallest absolute Gasteiger partial charge is 0.146 e. The van der Waals surface area contributed by atoms with Gasteiger partial charge in [-0.05, 0) is 17.7 Å². The molecule has 5 heteroatoms. The quantitative estimate of drug-likeness (QED) is 0.738. The Labute approximate surface area is 86.1 Å². The van der Waals surface area contributed by atoms with Crippen LogP contribution in [0, 0.1) is 17.1 Å². The Morgan fingerprint density at radius 3 is 2.79 bits per heavy atom. The molecular formula is C9H9ClFN3. The molecule has 74 valence electrons. The second-order valence-electron chi connectivity index (χ2n) is 2.86. The van der Waals surface area contributed by atoms with Crippen molar-refractivity contribution in [3.05, 3.63) is 28.5 Å². The minimum atomic E-state index is -0.581. The van der Waals surface area contributed by atoms with Crippen LogP contribution in [0.25, 0.3) is 0 Å². The minimum absolute atomic E-state index is 0.0251. The van der Waals surface area contributed by atoms with Gasteiger partial charge in [0.2, 0.25) is 0 Å². The van der Waals surface area contributed by atoms with Crippen LogP contribution in [0.15, 0.2) is 12.1 Å². The Morgan fingerprint density at radius 1 is 1.57 bits per heavy atom. The molecule has 0 unspecified atom stereocenters. The van der Waals surface area contributed by atoms with Gasteiger partial charge < -0.3 is 11.5 Å². The van der Waals surface area contributed by atoms with Crippen LogP contribution in [0.5, 0.6) is 0 Å². The predicted octanol–water partition coefficient (Wildman–Crippen LogP) is 1.97. The fourth-order valence-corrected chi connectivity index (χ4v) is 1.38. The van der Waals surface area contributed by atoms with E-state index in [4.69, 9.17) is 28.3 Å². The number of rotatable bonds is 2. The van der Waals surface area contributed by atoms with Crippen LogP contribution < -0.4 is 11.5 Å². The molecule has 0 radical (unpaired) electrons. The highest BCUT2D eigenvalue weighted by Crippen LogP contribution is 2.27. The molecule has 0 aliphatic carbocycles. The highest BCUT2D eigenvalue weighted by atomic mass is 35.5. The molecule has 0 aliphatic heterocycles. The summed E-state index contributed by atoms with van der Waals surface area (Å²) in [4.78, 5) is 0. The molecule has 0 fully saturated rings. The molecule has 0 bridgehead atoms. The van der Waals surface area contributed by atoms with Gasteiger partial charge in [-0.15, -0.1) is 0 Å². The molecule has 1 aromatic carbocycles. The highest BCUT2D eigenvalue weighted by molar-refractivity contribution is 6.31. The van der Waals surface area contributed by atoms with E-state index < -0.39 is 11.9 Å². The van der Waals surface area contributed by atoms with Crippen molar-refractivity contribution < 1.29 is 4.39 Å². The summed E-state index contributed by atoms with van der Waals surface area (Å²) in [5.41, 5.74) is 11.3. The Bertz CT molecular complexity index is 386. The van der Waals surface area contributed by atoms with E-state index in [9.17, 15) is 4.39 Å². The first-order valence-corrected chi connectivity index (χ1v) is 4.31. The predicted molar refractivity (Wildman–Crippen MR) is 53.0 cm³/mol. The summed E-state index contributed by atoms with van der Waals surface area (Å²) in [6, 6.07) is 3.77. The zero-order valence-electron chi connectivity index (χ0n) is 7.30. The molecule has 0 spiro atoms. The molecule has 0 amide bonds. The van der Waals surface area contributed by atoms with E-state index in [0.29, 0.717) is 5.56 Å². The summed E-state index contributed by atoms with van der Waals surface area (Å²) >= 11 is 5.80. The number of nitriles is 1. The average molecular weight is 214 g/mol. The summed E-state index contributed by atoms with van der Waals surface area (Å²) in [5.74, 6) is -0.571. The molecule has 14 heavy (non-hydrogen) atoms. The van der Waals surface area contributed by atoms with E-state index in [2.05, 4.69) is 0 Å². The number of nitrogens with zero attached hydrogens (tertiary/aromatic N) is 1. The van der Waals surface area contributed by atoms with Gasteiger partial charge in [0.1, 0.15) is 5.82 Å². The number of benzene rings is 1. The van der Waals surface area contributed by atoms with Gasteiger partial charge in [0, 0.05) is 11.1 Å². The molecule has 0 saturated heterocycles. The van der Waals surface area contributed by atoms with Gasteiger partial charge in [-0.25, -0.2) is 4.39 Å². The Morgan fingerprint density at radius 2 is 2.21 bits per heavy atom. The van der Waals surface area contributed by atoms with E-state index in [1.54, 1.807) is 0 Å². The van der Waals surface area contributed by atoms with Crippen LogP contribution in [0.4, 0.5) is 10.1 Å². The lowest BCUT2D eigenvalue weighted by atomic mass is 10.0. The van der Waals surface area contributed by atoms with Gasteiger partial charge in [-0.1, -0.05) is 11.6 Å². The summed E-state index contributed by atoms with van der Waals surface area (Å²) < 4.78 is 13.0. The van der Waals surface area contributed by atoms with Gasteiger partial charge in [0.05, 0.1) is 18.2 Å². The zero-order chi connectivity index (χ0) is 10.7. The van der Waals surface area contributed by atoms with Crippen molar-refractivity contribution in [1.82, 2.24) is 0 Å². The molecule has 1 aromatic rings. The van der Waals surface area contributed by atoms with Crippen LogP contribution in [-0.4, -0.2) is 0 Å². The SMILES string of the molecule is N#CC[C@H](N)c1cc(F)c(N)cc1Cl. The summed E-state index contributed by atoms with van der Waals surface area (Å²) in [5, 5.41) is 8.71. The maximum Gasteiger partial charge on any atom is 0.146 e. The second kappa shape index (κ2) is 4.27. The molecule has 0 heterocycles. The highest BCUT2D eigenvalue weighted by Gasteiger charge is 2.12. The third kappa shape index (κ3) is 2.13. The Hall–Kier alpha value is -1.31. The average Bonchev–Trinajstić information content (AvgIpc) is 2.11. The molecule has 4 N–H and O–H groups in total. The number of nitrogens with two attached hydrogens (primary N) is 2. The monoisotopic (exact) mass is 213 g/mol. The van der Waals surface area contributed by atoms with Crippen molar-refractivity contribution in [1.29, 1.82) is 5.26 Å². The zero-order valence-corrected chi connectivity index (χ0v) is 8.05. The van der Waals surface area contributed by atoms with Crippen molar-refractivity contribution in [3.63, 3.8) is 0 Å². The van der Waals surface area contributed by atoms with E-state index >= 15 is 0 Å². The van der Waals surface area contributed by atoms with E-state index in [0.717, 1.165) is 0 Å². The number of hydrogen-bond acceptors (Lipinski definition) is 3. The summed E-state index contributed by atoms with van der Waals surface area (Å²) in [6.45, 7) is 0. The van der Waals surface area contributed by atoms with Crippen LogP contribution in [0.3, 0.4) is 0 Å². The lowest BCUT2D eigenvalue weighted by Crippen LogP contribution is -2.10. The third-order valence-corrected chi connectivity index (χ3v) is 2.15. The molecular weight excluding hydrogens is 205 g/mol. The number of nitrogen functional groups attached to an aromatic ring is 1. The first kappa shape index (κ1) is 10.8. The first-order valence-electron chi connectivity index (χ1n) is 3.93. The van der Waals surface area contributed by atoms with E-state index in [1.807, 2.05) is 6.07 Å². The van der Waals surface area contributed by atoms with Gasteiger partial charge in [0.15, 0.2) is 0 Å². The molecule has 1 rings (SSSR count). The van der Waals surface area contributed by atoms with Crippen molar-refractivity contribution >= 4 is 17.3 Å². The summed E-state index contributed by atoms with van der Waals surface area (Å²) in [6.07, 6.45) is 0.0864. The van der Waals surface area contributed by atoms with Crippen LogP contribution >= 0.6 is 11.6 Å². The topological polar surface area (TPSA) is 75.8 Å². The van der Waals surface area contributed by atoms with Gasteiger partial charge in [-0.2, -0.15) is 5.26 Å². The summed E-state index contributed by atoms with van der Waals surface area (Å²) in [7, 11) is 0. The first-order chi connectivity index (χ1) is 6.56. The van der Waals surface area contributed by atoms with Crippen LogP contribution in [0.2, 0.25) is 5.02 Å². The molecule has 1 atom stereocenters. The maximum atomic E-state index is 13.0. The largest absolute Gasteiger partial charge is 0.396 e. The fourth-order valence-electron chi connectivity index (χ4n) is 1.07. The van der Waals surface area contributed by atoms with Gasteiger partial charge >= 0.3 is 0 Å². The molecule has 0 aliphatic rings. The minimum Gasteiger partial charge on any atom is -0.396 e. The number of anilines is 1. The van der Waals surface area contributed by atoms with Gasteiger partial charge in [0.25, 0.3) is 0 Å². The lowest BCUT2D eigenvalue weighted by Gasteiger charge is -2.11. The van der Waals surface area contributed by atoms with E-state index in [-0.39, 0.29) is 17.1 Å². The molecule has 0 saturated carbocycles. The van der Waals surface area contributed by atoms with Gasteiger partial charge in [-0.3, -0.25) is 0 Å². The van der Waals surface area contributed by atoms with E-state index in [1.165, 1.54) is 12.1 Å². The number of halogens is 2. The second-order valence-corrected chi connectivity index (χ2v) is 3.27. The maximum absolute atomic E-state index is 13.0.